The Bertz CT molecular complexity index is 638. The average Bonchev–Trinajstić information content (AvgIpc) is 2.91. The Morgan fingerprint density at radius 3 is 3.00 bits per heavy atom. The highest BCUT2D eigenvalue weighted by atomic mass is 35.5. The number of thiophene rings is 1. The monoisotopic (exact) mass is 293 g/mol. The largest absolute Gasteiger partial charge is 0.478 e. The van der Waals surface area contributed by atoms with Crippen molar-refractivity contribution in [2.75, 3.05) is 5.32 Å². The van der Waals surface area contributed by atoms with E-state index in [9.17, 15) is 9.90 Å². The molecule has 2 N–H and O–H groups in total. The number of fused-ring (bicyclic) bond motifs is 1. The fourth-order valence-electron chi connectivity index (χ4n) is 2.46. The van der Waals surface area contributed by atoms with Crippen molar-refractivity contribution in [1.82, 2.24) is 0 Å². The summed E-state index contributed by atoms with van der Waals surface area (Å²) in [6.45, 7) is 0. The predicted molar refractivity (Wildman–Crippen MR) is 77.4 cm³/mol. The lowest BCUT2D eigenvalue weighted by Gasteiger charge is -2.16. The zero-order valence-corrected chi connectivity index (χ0v) is 11.6. The van der Waals surface area contributed by atoms with Gasteiger partial charge in [-0.3, -0.25) is 0 Å². The number of hydrogen-bond acceptors (Lipinski definition) is 3. The average molecular weight is 294 g/mol. The summed E-state index contributed by atoms with van der Waals surface area (Å²) in [5.74, 6) is -0.912. The zero-order chi connectivity index (χ0) is 13.4. The van der Waals surface area contributed by atoms with Gasteiger partial charge in [0.2, 0.25) is 0 Å². The molecular formula is C14H12ClNO2S. The lowest BCUT2D eigenvalue weighted by atomic mass is 10.1. The van der Waals surface area contributed by atoms with Crippen LogP contribution in [0, 0.1) is 0 Å². The zero-order valence-electron chi connectivity index (χ0n) is 10.0. The Morgan fingerprint density at radius 2 is 2.21 bits per heavy atom. The van der Waals surface area contributed by atoms with E-state index in [0.29, 0.717) is 11.3 Å². The molecule has 0 amide bonds. The van der Waals surface area contributed by atoms with Crippen molar-refractivity contribution in [3.05, 3.63) is 50.7 Å². The van der Waals surface area contributed by atoms with Crippen molar-refractivity contribution >= 4 is 34.6 Å². The molecule has 1 aliphatic carbocycles. The molecule has 98 valence electrons. The van der Waals surface area contributed by atoms with Crippen LogP contribution in [-0.2, 0) is 6.42 Å². The van der Waals surface area contributed by atoms with E-state index in [2.05, 4.69) is 5.32 Å². The first-order valence-corrected chi connectivity index (χ1v) is 7.21. The van der Waals surface area contributed by atoms with Gasteiger partial charge in [-0.1, -0.05) is 23.7 Å². The van der Waals surface area contributed by atoms with Gasteiger partial charge in [-0.05, 0) is 36.6 Å². The van der Waals surface area contributed by atoms with E-state index in [1.54, 1.807) is 29.5 Å². The molecule has 2 aromatic rings. The summed E-state index contributed by atoms with van der Waals surface area (Å²) in [5, 5.41) is 12.5. The molecule has 1 unspecified atom stereocenters. The third-order valence-corrected chi connectivity index (χ3v) is 4.67. The maximum atomic E-state index is 11.2. The van der Waals surface area contributed by atoms with Crippen LogP contribution >= 0.6 is 22.9 Å². The van der Waals surface area contributed by atoms with Gasteiger partial charge < -0.3 is 10.4 Å². The predicted octanol–water partition coefficient (Wildman–Crippen LogP) is 4.20. The first-order valence-electron chi connectivity index (χ1n) is 6.02. The molecule has 0 aliphatic heterocycles. The molecular weight excluding hydrogens is 282 g/mol. The van der Waals surface area contributed by atoms with E-state index < -0.39 is 5.97 Å². The molecule has 1 atom stereocenters. The number of hydrogen-bond donors (Lipinski definition) is 2. The molecule has 0 bridgehead atoms. The molecule has 1 aromatic carbocycles. The number of para-hydroxylation sites is 1. The van der Waals surface area contributed by atoms with Gasteiger partial charge in [-0.2, -0.15) is 0 Å². The number of anilines is 1. The standard InChI is InChI=1S/C14H12ClNO2S/c15-13-7-9-11(5-6-12(9)19-13)16-10-4-2-1-3-8(10)14(17)18/h1-4,7,11,16H,5-6H2,(H,17,18). The molecule has 0 fully saturated rings. The van der Waals surface area contributed by atoms with E-state index in [4.69, 9.17) is 11.6 Å². The van der Waals surface area contributed by atoms with Crippen molar-refractivity contribution in [2.24, 2.45) is 0 Å². The Hall–Kier alpha value is -1.52. The topological polar surface area (TPSA) is 49.3 Å². The van der Waals surface area contributed by atoms with Gasteiger partial charge in [0.05, 0.1) is 15.9 Å². The summed E-state index contributed by atoms with van der Waals surface area (Å²) in [6, 6.07) is 9.12. The summed E-state index contributed by atoms with van der Waals surface area (Å²) in [4.78, 5) is 12.5. The van der Waals surface area contributed by atoms with Crippen LogP contribution in [-0.4, -0.2) is 11.1 Å². The second-order valence-electron chi connectivity index (χ2n) is 4.52. The minimum Gasteiger partial charge on any atom is -0.478 e. The van der Waals surface area contributed by atoms with Gasteiger partial charge in [0.1, 0.15) is 0 Å². The van der Waals surface area contributed by atoms with E-state index in [1.165, 1.54) is 10.4 Å². The fraction of sp³-hybridized carbons (Fsp3) is 0.214. The highest BCUT2D eigenvalue weighted by molar-refractivity contribution is 7.16. The number of aryl methyl sites for hydroxylation is 1. The molecule has 1 heterocycles. The van der Waals surface area contributed by atoms with E-state index in [1.807, 2.05) is 12.1 Å². The van der Waals surface area contributed by atoms with Crippen LogP contribution < -0.4 is 5.32 Å². The molecule has 0 spiro atoms. The number of rotatable bonds is 3. The van der Waals surface area contributed by atoms with Crippen molar-refractivity contribution in [1.29, 1.82) is 0 Å². The molecule has 1 aliphatic rings. The normalized spacial score (nSPS) is 17.2. The van der Waals surface area contributed by atoms with Crippen LogP contribution in [0.5, 0.6) is 0 Å². The number of nitrogens with one attached hydrogen (secondary N) is 1. The third-order valence-electron chi connectivity index (χ3n) is 3.33. The Labute approximate surface area is 119 Å². The van der Waals surface area contributed by atoms with Crippen molar-refractivity contribution < 1.29 is 9.90 Å². The number of aromatic carboxylic acids is 1. The van der Waals surface area contributed by atoms with E-state index in [0.717, 1.165) is 17.2 Å². The first kappa shape index (κ1) is 12.5. The summed E-state index contributed by atoms with van der Waals surface area (Å²) >= 11 is 7.64. The SMILES string of the molecule is O=C(O)c1ccccc1NC1CCc2sc(Cl)cc21. The molecule has 0 saturated heterocycles. The second-order valence-corrected chi connectivity index (χ2v) is 6.28. The van der Waals surface area contributed by atoms with Crippen LogP contribution in [0.15, 0.2) is 30.3 Å². The highest BCUT2D eigenvalue weighted by Gasteiger charge is 2.25. The van der Waals surface area contributed by atoms with Crippen LogP contribution in [0.4, 0.5) is 5.69 Å². The van der Waals surface area contributed by atoms with Gasteiger partial charge in [-0.25, -0.2) is 4.79 Å². The van der Waals surface area contributed by atoms with Gasteiger partial charge in [0, 0.05) is 10.6 Å². The van der Waals surface area contributed by atoms with E-state index in [-0.39, 0.29) is 6.04 Å². The number of carboxylic acids is 1. The maximum Gasteiger partial charge on any atom is 0.337 e. The van der Waals surface area contributed by atoms with Crippen LogP contribution in [0.3, 0.4) is 0 Å². The van der Waals surface area contributed by atoms with E-state index >= 15 is 0 Å². The van der Waals surface area contributed by atoms with Crippen molar-refractivity contribution in [2.45, 2.75) is 18.9 Å². The summed E-state index contributed by atoms with van der Waals surface area (Å²) < 4.78 is 0.794. The molecule has 0 saturated carbocycles. The summed E-state index contributed by atoms with van der Waals surface area (Å²) in [6.07, 6.45) is 1.98. The molecule has 3 nitrogen and oxygen atoms in total. The first-order chi connectivity index (χ1) is 9.15. The lowest BCUT2D eigenvalue weighted by Crippen LogP contribution is -2.10. The van der Waals surface area contributed by atoms with Crippen LogP contribution in [0.1, 0.15) is 33.3 Å². The minimum atomic E-state index is -0.912. The van der Waals surface area contributed by atoms with Gasteiger partial charge in [0.15, 0.2) is 0 Å². The highest BCUT2D eigenvalue weighted by Crippen LogP contribution is 2.41. The number of carboxylic acid groups (broad SMARTS) is 1. The van der Waals surface area contributed by atoms with Gasteiger partial charge in [-0.15, -0.1) is 11.3 Å². The lowest BCUT2D eigenvalue weighted by molar-refractivity contribution is 0.0698. The van der Waals surface area contributed by atoms with Crippen molar-refractivity contribution in [3.63, 3.8) is 0 Å². The molecule has 3 rings (SSSR count). The van der Waals surface area contributed by atoms with Gasteiger partial charge in [0.25, 0.3) is 0 Å². The second kappa shape index (κ2) is 4.87. The number of halogens is 1. The summed E-state index contributed by atoms with van der Waals surface area (Å²) in [7, 11) is 0. The number of carbonyl (C=O) groups is 1. The number of benzene rings is 1. The Morgan fingerprint density at radius 1 is 1.42 bits per heavy atom. The Balaban J connectivity index is 1.89. The maximum absolute atomic E-state index is 11.2. The van der Waals surface area contributed by atoms with Crippen molar-refractivity contribution in [3.8, 4) is 0 Å². The third kappa shape index (κ3) is 2.33. The minimum absolute atomic E-state index is 0.152. The van der Waals surface area contributed by atoms with Crippen LogP contribution in [0.2, 0.25) is 4.34 Å². The molecule has 5 heteroatoms. The molecule has 0 radical (unpaired) electrons. The molecule has 19 heavy (non-hydrogen) atoms. The summed E-state index contributed by atoms with van der Waals surface area (Å²) in [5.41, 5.74) is 2.17. The fourth-order valence-corrected chi connectivity index (χ4v) is 3.82. The quantitative estimate of drug-likeness (QED) is 0.891. The smallest absolute Gasteiger partial charge is 0.337 e. The van der Waals surface area contributed by atoms with Crippen LogP contribution in [0.25, 0.3) is 0 Å². The Kier molecular flexibility index (Phi) is 3.21. The van der Waals surface area contributed by atoms with Gasteiger partial charge >= 0.3 is 5.97 Å². The molecule has 1 aromatic heterocycles.